The van der Waals surface area contributed by atoms with Crippen LogP contribution in [-0.2, 0) is 4.79 Å². The first-order valence-corrected chi connectivity index (χ1v) is 6.11. The molecule has 0 bridgehead atoms. The number of primary amides is 1. The molecular formula is C11H14IN3O2. The maximum atomic E-state index is 11.9. The molecule has 0 aliphatic rings. The van der Waals surface area contributed by atoms with Crippen molar-refractivity contribution in [2.24, 2.45) is 5.73 Å². The molecule has 2 amide bonds. The quantitative estimate of drug-likeness (QED) is 0.709. The molecule has 0 aliphatic carbocycles. The largest absolute Gasteiger partial charge is 0.387 e. The fourth-order valence-corrected chi connectivity index (χ4v) is 1.76. The van der Waals surface area contributed by atoms with E-state index in [0.29, 0.717) is 11.3 Å². The first-order chi connectivity index (χ1) is 7.95. The van der Waals surface area contributed by atoms with E-state index in [2.05, 4.69) is 33.2 Å². The molecule has 0 spiro atoms. The number of hydrogen-bond donors (Lipinski definition) is 3. The molecule has 0 aromatic heterocycles. The summed E-state index contributed by atoms with van der Waals surface area (Å²) in [5, 5.41) is 5.47. The summed E-state index contributed by atoms with van der Waals surface area (Å²) >= 11 is 2.16. The van der Waals surface area contributed by atoms with Crippen molar-refractivity contribution in [2.75, 3.05) is 12.4 Å². The standard InChI is InChI=1S/C11H14IN3O2/c1-6(10(13)16)15-11(17)8-4-3-7(12)5-9(8)14-2/h3-6,14H,1-2H3,(H2,13,16)(H,15,17). The molecule has 1 unspecified atom stereocenters. The van der Waals surface area contributed by atoms with Crippen LogP contribution in [0.1, 0.15) is 17.3 Å². The monoisotopic (exact) mass is 347 g/mol. The Morgan fingerprint density at radius 1 is 1.41 bits per heavy atom. The summed E-state index contributed by atoms with van der Waals surface area (Å²) < 4.78 is 1.02. The van der Waals surface area contributed by atoms with Crippen molar-refractivity contribution in [3.8, 4) is 0 Å². The van der Waals surface area contributed by atoms with E-state index in [0.717, 1.165) is 3.57 Å². The summed E-state index contributed by atoms with van der Waals surface area (Å²) in [4.78, 5) is 22.8. The Balaban J connectivity index is 2.92. The first kappa shape index (κ1) is 13.8. The summed E-state index contributed by atoms with van der Waals surface area (Å²) in [6.07, 6.45) is 0. The van der Waals surface area contributed by atoms with Gasteiger partial charge in [-0.3, -0.25) is 9.59 Å². The van der Waals surface area contributed by atoms with Gasteiger partial charge in [0.1, 0.15) is 6.04 Å². The molecule has 0 aliphatic heterocycles. The number of carbonyl (C=O) groups excluding carboxylic acids is 2. The lowest BCUT2D eigenvalue weighted by atomic mass is 10.1. The van der Waals surface area contributed by atoms with E-state index in [4.69, 9.17) is 5.73 Å². The van der Waals surface area contributed by atoms with Crippen LogP contribution in [0.4, 0.5) is 5.69 Å². The molecule has 5 nitrogen and oxygen atoms in total. The lowest BCUT2D eigenvalue weighted by molar-refractivity contribution is -0.119. The molecule has 92 valence electrons. The van der Waals surface area contributed by atoms with Crippen molar-refractivity contribution in [2.45, 2.75) is 13.0 Å². The van der Waals surface area contributed by atoms with Crippen LogP contribution in [0.25, 0.3) is 0 Å². The molecule has 0 heterocycles. The van der Waals surface area contributed by atoms with E-state index >= 15 is 0 Å². The predicted octanol–water partition coefficient (Wildman–Crippen LogP) is 0.936. The Morgan fingerprint density at radius 2 is 2.06 bits per heavy atom. The van der Waals surface area contributed by atoms with E-state index in [-0.39, 0.29) is 5.91 Å². The lowest BCUT2D eigenvalue weighted by Gasteiger charge is -2.13. The van der Waals surface area contributed by atoms with Gasteiger partial charge in [-0.2, -0.15) is 0 Å². The molecule has 0 radical (unpaired) electrons. The second-order valence-electron chi connectivity index (χ2n) is 3.54. The maximum Gasteiger partial charge on any atom is 0.254 e. The van der Waals surface area contributed by atoms with Gasteiger partial charge in [-0.05, 0) is 47.7 Å². The van der Waals surface area contributed by atoms with E-state index in [9.17, 15) is 9.59 Å². The average Bonchev–Trinajstić information content (AvgIpc) is 2.28. The second kappa shape index (κ2) is 5.85. The van der Waals surface area contributed by atoms with Gasteiger partial charge in [0.25, 0.3) is 5.91 Å². The van der Waals surface area contributed by atoms with Crippen molar-refractivity contribution in [3.05, 3.63) is 27.3 Å². The summed E-state index contributed by atoms with van der Waals surface area (Å²) in [6.45, 7) is 1.55. The number of amides is 2. The fourth-order valence-electron chi connectivity index (χ4n) is 1.27. The summed E-state index contributed by atoms with van der Waals surface area (Å²) in [7, 11) is 1.74. The maximum absolute atomic E-state index is 11.9. The minimum absolute atomic E-state index is 0.322. The highest BCUT2D eigenvalue weighted by molar-refractivity contribution is 14.1. The third-order valence-electron chi connectivity index (χ3n) is 2.27. The molecule has 1 atom stereocenters. The molecule has 17 heavy (non-hydrogen) atoms. The number of halogens is 1. The van der Waals surface area contributed by atoms with Crippen LogP contribution in [0, 0.1) is 3.57 Å². The van der Waals surface area contributed by atoms with Crippen molar-refractivity contribution >= 4 is 40.1 Å². The molecule has 1 aromatic rings. The van der Waals surface area contributed by atoms with Gasteiger partial charge >= 0.3 is 0 Å². The molecule has 0 fully saturated rings. The highest BCUT2D eigenvalue weighted by Gasteiger charge is 2.16. The molecule has 0 saturated heterocycles. The molecule has 0 saturated carbocycles. The number of nitrogens with two attached hydrogens (primary N) is 1. The number of nitrogens with one attached hydrogen (secondary N) is 2. The van der Waals surface area contributed by atoms with Crippen molar-refractivity contribution in [3.63, 3.8) is 0 Å². The molecular weight excluding hydrogens is 333 g/mol. The number of carbonyl (C=O) groups is 2. The zero-order valence-corrected chi connectivity index (χ0v) is 11.7. The van der Waals surface area contributed by atoms with Crippen molar-refractivity contribution < 1.29 is 9.59 Å². The predicted molar refractivity (Wildman–Crippen MR) is 74.8 cm³/mol. The van der Waals surface area contributed by atoms with Gasteiger partial charge in [0.05, 0.1) is 5.56 Å². The molecule has 6 heteroatoms. The minimum Gasteiger partial charge on any atom is -0.387 e. The van der Waals surface area contributed by atoms with Gasteiger partial charge in [0.15, 0.2) is 0 Å². The minimum atomic E-state index is -0.688. The third kappa shape index (κ3) is 3.58. The summed E-state index contributed by atoms with van der Waals surface area (Å²) in [5.74, 6) is -0.882. The Labute approximate surface area is 113 Å². The van der Waals surface area contributed by atoms with Gasteiger partial charge in [-0.15, -0.1) is 0 Å². The fraction of sp³-hybridized carbons (Fsp3) is 0.273. The van der Waals surface area contributed by atoms with Crippen LogP contribution in [0.2, 0.25) is 0 Å². The average molecular weight is 347 g/mol. The molecule has 4 N–H and O–H groups in total. The normalized spacial score (nSPS) is 11.7. The van der Waals surface area contributed by atoms with Gasteiger partial charge in [0, 0.05) is 16.3 Å². The number of rotatable bonds is 4. The molecule has 1 rings (SSSR count). The third-order valence-corrected chi connectivity index (χ3v) is 2.94. The van der Waals surface area contributed by atoms with E-state index in [1.165, 1.54) is 0 Å². The summed E-state index contributed by atoms with van der Waals surface area (Å²) in [6, 6.07) is 4.69. The number of benzene rings is 1. The zero-order valence-electron chi connectivity index (χ0n) is 9.58. The van der Waals surface area contributed by atoms with Crippen molar-refractivity contribution in [1.82, 2.24) is 5.32 Å². The summed E-state index contributed by atoms with van der Waals surface area (Å²) in [5.41, 5.74) is 6.29. The van der Waals surface area contributed by atoms with E-state index in [1.807, 2.05) is 12.1 Å². The smallest absolute Gasteiger partial charge is 0.254 e. The van der Waals surface area contributed by atoms with Crippen LogP contribution >= 0.6 is 22.6 Å². The van der Waals surface area contributed by atoms with E-state index in [1.54, 1.807) is 20.0 Å². The van der Waals surface area contributed by atoms with Crippen LogP contribution in [0.3, 0.4) is 0 Å². The second-order valence-corrected chi connectivity index (χ2v) is 4.78. The SMILES string of the molecule is CNc1cc(I)ccc1C(=O)NC(C)C(N)=O. The van der Waals surface area contributed by atoms with Crippen LogP contribution < -0.4 is 16.4 Å². The van der Waals surface area contributed by atoms with Gasteiger partial charge in [-0.25, -0.2) is 0 Å². The highest BCUT2D eigenvalue weighted by Crippen LogP contribution is 2.18. The lowest BCUT2D eigenvalue weighted by Crippen LogP contribution is -2.42. The van der Waals surface area contributed by atoms with Gasteiger partial charge < -0.3 is 16.4 Å². The number of hydrogen-bond acceptors (Lipinski definition) is 3. The Bertz CT molecular complexity index is 448. The highest BCUT2D eigenvalue weighted by atomic mass is 127. The molecule has 1 aromatic carbocycles. The topological polar surface area (TPSA) is 84.2 Å². The van der Waals surface area contributed by atoms with Crippen molar-refractivity contribution in [1.29, 1.82) is 0 Å². The van der Waals surface area contributed by atoms with Crippen LogP contribution in [0.5, 0.6) is 0 Å². The Morgan fingerprint density at radius 3 is 2.59 bits per heavy atom. The van der Waals surface area contributed by atoms with Gasteiger partial charge in [-0.1, -0.05) is 0 Å². The van der Waals surface area contributed by atoms with Crippen LogP contribution in [-0.4, -0.2) is 24.9 Å². The van der Waals surface area contributed by atoms with Gasteiger partial charge in [0.2, 0.25) is 5.91 Å². The van der Waals surface area contributed by atoms with E-state index < -0.39 is 11.9 Å². The number of anilines is 1. The Hall–Kier alpha value is -1.31. The van der Waals surface area contributed by atoms with Crippen LogP contribution in [0.15, 0.2) is 18.2 Å². The first-order valence-electron chi connectivity index (χ1n) is 5.03. The Kier molecular flexibility index (Phi) is 4.73. The zero-order chi connectivity index (χ0) is 13.0.